The van der Waals surface area contributed by atoms with Gasteiger partial charge in [0.05, 0.1) is 16.6 Å². The van der Waals surface area contributed by atoms with E-state index in [4.69, 9.17) is 4.74 Å². The summed E-state index contributed by atoms with van der Waals surface area (Å²) in [6.07, 6.45) is -2.81. The number of ether oxygens (including phenoxy) is 1. The minimum absolute atomic E-state index is 0.0585. The van der Waals surface area contributed by atoms with Gasteiger partial charge in [-0.05, 0) is 44.6 Å². The summed E-state index contributed by atoms with van der Waals surface area (Å²) in [5.74, 6) is 0.0154. The van der Waals surface area contributed by atoms with Crippen LogP contribution in [0.2, 0.25) is 0 Å². The second-order valence-corrected chi connectivity index (χ2v) is 8.63. The topological polar surface area (TPSA) is 60.2 Å². The lowest BCUT2D eigenvalue weighted by molar-refractivity contribution is -0.139. The van der Waals surface area contributed by atoms with E-state index in [1.54, 1.807) is 11.8 Å². The number of pyridine rings is 1. The number of carbonyl (C=O) groups is 1. The van der Waals surface area contributed by atoms with Gasteiger partial charge in [0.2, 0.25) is 5.88 Å². The van der Waals surface area contributed by atoms with Crippen LogP contribution < -0.4 is 4.74 Å². The van der Waals surface area contributed by atoms with Gasteiger partial charge in [-0.15, -0.1) is 0 Å². The number of nitrogens with zero attached hydrogens (tertiary/aromatic N) is 4. The molecule has 4 rings (SSSR count). The quantitative estimate of drug-likeness (QED) is 0.561. The van der Waals surface area contributed by atoms with Crippen LogP contribution in [-0.2, 0) is 24.4 Å². The maximum atomic E-state index is 13.7. The third kappa shape index (κ3) is 4.96. The van der Waals surface area contributed by atoms with Crippen molar-refractivity contribution in [3.8, 4) is 5.88 Å². The van der Waals surface area contributed by atoms with Crippen LogP contribution in [0.1, 0.15) is 36.6 Å². The molecule has 1 unspecified atom stereocenters. The number of amides is 1. The molecule has 2 aromatic heterocycles. The average Bonchev–Trinajstić information content (AvgIpc) is 3.06. The highest BCUT2D eigenvalue weighted by Gasteiger charge is 2.36. The van der Waals surface area contributed by atoms with Crippen molar-refractivity contribution in [2.75, 3.05) is 13.1 Å². The van der Waals surface area contributed by atoms with E-state index in [0.29, 0.717) is 19.0 Å². The van der Waals surface area contributed by atoms with Crippen molar-refractivity contribution < 1.29 is 22.7 Å². The SMILES string of the molecule is Cc1nn(C)c2nc(OC(C)C(=O)N3CCC(Cc4ccccc4)CC3)cc(C(F)(F)F)c12. The van der Waals surface area contributed by atoms with E-state index in [2.05, 4.69) is 22.2 Å². The molecule has 3 aromatic rings. The highest BCUT2D eigenvalue weighted by molar-refractivity contribution is 5.84. The molecule has 1 saturated heterocycles. The highest BCUT2D eigenvalue weighted by Crippen LogP contribution is 2.37. The maximum Gasteiger partial charge on any atom is 0.417 e. The van der Waals surface area contributed by atoms with Gasteiger partial charge >= 0.3 is 6.18 Å². The van der Waals surface area contributed by atoms with Gasteiger partial charge in [0.1, 0.15) is 0 Å². The van der Waals surface area contributed by atoms with E-state index in [-0.39, 0.29) is 28.5 Å². The number of carbonyl (C=O) groups excluding carboxylic acids is 1. The lowest BCUT2D eigenvalue weighted by atomic mass is 9.90. The molecule has 1 aliphatic heterocycles. The largest absolute Gasteiger partial charge is 0.464 e. The first-order valence-electron chi connectivity index (χ1n) is 11.0. The first-order valence-corrected chi connectivity index (χ1v) is 11.0. The molecule has 0 radical (unpaired) electrons. The monoisotopic (exact) mass is 460 g/mol. The molecule has 33 heavy (non-hydrogen) atoms. The van der Waals surface area contributed by atoms with Crippen molar-refractivity contribution in [1.82, 2.24) is 19.7 Å². The number of benzene rings is 1. The van der Waals surface area contributed by atoms with Gasteiger partial charge in [-0.25, -0.2) is 0 Å². The summed E-state index contributed by atoms with van der Waals surface area (Å²) < 4.78 is 47.9. The number of aromatic nitrogens is 3. The Balaban J connectivity index is 1.43. The van der Waals surface area contributed by atoms with E-state index in [1.807, 2.05) is 18.2 Å². The van der Waals surface area contributed by atoms with Crippen LogP contribution >= 0.6 is 0 Å². The lowest BCUT2D eigenvalue weighted by Crippen LogP contribution is -2.45. The average molecular weight is 461 g/mol. The second kappa shape index (κ2) is 9.03. The summed E-state index contributed by atoms with van der Waals surface area (Å²) in [6, 6.07) is 11.1. The molecule has 0 aliphatic carbocycles. The number of hydrogen-bond acceptors (Lipinski definition) is 4. The lowest BCUT2D eigenvalue weighted by Gasteiger charge is -2.33. The number of likely N-dealkylation sites (tertiary alicyclic amines) is 1. The highest BCUT2D eigenvalue weighted by atomic mass is 19.4. The molecule has 176 valence electrons. The van der Waals surface area contributed by atoms with Crippen molar-refractivity contribution in [2.24, 2.45) is 13.0 Å². The van der Waals surface area contributed by atoms with Gasteiger partial charge in [0.15, 0.2) is 11.8 Å². The minimum atomic E-state index is -4.60. The molecule has 1 aliphatic rings. The molecule has 0 bridgehead atoms. The Labute approximate surface area is 190 Å². The van der Waals surface area contributed by atoms with E-state index in [1.165, 1.54) is 24.2 Å². The first kappa shape index (κ1) is 23.1. The molecule has 1 aromatic carbocycles. The third-order valence-corrected chi connectivity index (χ3v) is 6.19. The smallest absolute Gasteiger partial charge is 0.417 e. The summed E-state index contributed by atoms with van der Waals surface area (Å²) in [7, 11) is 1.53. The van der Waals surface area contributed by atoms with Crippen molar-refractivity contribution in [2.45, 2.75) is 45.4 Å². The number of hydrogen-bond donors (Lipinski definition) is 0. The van der Waals surface area contributed by atoms with Crippen LogP contribution in [0.4, 0.5) is 13.2 Å². The summed E-state index contributed by atoms with van der Waals surface area (Å²) >= 11 is 0. The fourth-order valence-electron chi connectivity index (χ4n) is 4.50. The predicted octanol–water partition coefficient (Wildman–Crippen LogP) is 4.54. The zero-order chi connectivity index (χ0) is 23.8. The number of fused-ring (bicyclic) bond motifs is 1. The van der Waals surface area contributed by atoms with Crippen molar-refractivity contribution in [3.63, 3.8) is 0 Å². The Hall–Kier alpha value is -3.10. The Morgan fingerprint density at radius 2 is 1.88 bits per heavy atom. The first-order chi connectivity index (χ1) is 15.6. The maximum absolute atomic E-state index is 13.7. The molecule has 0 N–H and O–H groups in total. The predicted molar refractivity (Wildman–Crippen MR) is 118 cm³/mol. The van der Waals surface area contributed by atoms with Crippen LogP contribution in [0.3, 0.4) is 0 Å². The van der Waals surface area contributed by atoms with E-state index >= 15 is 0 Å². The zero-order valence-electron chi connectivity index (χ0n) is 18.9. The molecular formula is C24H27F3N4O2. The zero-order valence-corrected chi connectivity index (χ0v) is 18.9. The van der Waals surface area contributed by atoms with Gasteiger partial charge in [-0.1, -0.05) is 30.3 Å². The second-order valence-electron chi connectivity index (χ2n) is 8.63. The molecule has 1 amide bonds. The normalized spacial score (nSPS) is 16.2. The van der Waals surface area contributed by atoms with Crippen LogP contribution in [0.5, 0.6) is 5.88 Å². The van der Waals surface area contributed by atoms with Gasteiger partial charge in [-0.2, -0.15) is 23.3 Å². The molecule has 9 heteroatoms. The molecule has 0 saturated carbocycles. The number of alkyl halides is 3. The number of piperidine rings is 1. The minimum Gasteiger partial charge on any atom is -0.464 e. The molecule has 1 fully saturated rings. The fraction of sp³-hybridized carbons (Fsp3) is 0.458. The third-order valence-electron chi connectivity index (χ3n) is 6.19. The molecule has 1 atom stereocenters. The van der Waals surface area contributed by atoms with Gasteiger partial charge in [-0.3, -0.25) is 9.48 Å². The Morgan fingerprint density at radius 3 is 2.52 bits per heavy atom. The Bertz CT molecular complexity index is 1140. The van der Waals surface area contributed by atoms with Crippen LogP contribution in [0, 0.1) is 12.8 Å². The summed E-state index contributed by atoms with van der Waals surface area (Å²) in [5, 5.41) is 4.00. The number of rotatable bonds is 5. The van der Waals surface area contributed by atoms with Gasteiger partial charge in [0, 0.05) is 26.2 Å². The molecule has 0 spiro atoms. The van der Waals surface area contributed by atoms with Crippen LogP contribution in [-0.4, -0.2) is 44.8 Å². The van der Waals surface area contributed by atoms with Gasteiger partial charge < -0.3 is 9.64 Å². The summed E-state index contributed by atoms with van der Waals surface area (Å²) in [4.78, 5) is 18.8. The van der Waals surface area contributed by atoms with E-state index < -0.39 is 17.8 Å². The van der Waals surface area contributed by atoms with Crippen LogP contribution in [0.25, 0.3) is 11.0 Å². The molecular weight excluding hydrogens is 433 g/mol. The fourth-order valence-corrected chi connectivity index (χ4v) is 4.50. The molecule has 3 heterocycles. The Kier molecular flexibility index (Phi) is 6.32. The molecule has 6 nitrogen and oxygen atoms in total. The van der Waals surface area contributed by atoms with Crippen molar-refractivity contribution in [3.05, 3.63) is 53.2 Å². The van der Waals surface area contributed by atoms with E-state index in [9.17, 15) is 18.0 Å². The van der Waals surface area contributed by atoms with Gasteiger partial charge in [0.25, 0.3) is 5.91 Å². The number of aryl methyl sites for hydroxylation is 2. The standard InChI is InChI=1S/C24H27F3N4O2/c1-15-21-19(24(25,26)27)14-20(28-22(21)30(3)29-15)33-16(2)23(32)31-11-9-18(10-12-31)13-17-7-5-4-6-8-17/h4-8,14,16,18H,9-13H2,1-3H3. The summed E-state index contributed by atoms with van der Waals surface area (Å²) in [6.45, 7) is 4.26. The van der Waals surface area contributed by atoms with Crippen molar-refractivity contribution >= 4 is 16.9 Å². The Morgan fingerprint density at radius 1 is 1.21 bits per heavy atom. The van der Waals surface area contributed by atoms with Crippen LogP contribution in [0.15, 0.2) is 36.4 Å². The van der Waals surface area contributed by atoms with E-state index in [0.717, 1.165) is 25.3 Å². The van der Waals surface area contributed by atoms with Crippen molar-refractivity contribution in [1.29, 1.82) is 0 Å². The summed E-state index contributed by atoms with van der Waals surface area (Å²) in [5.41, 5.74) is 0.723. The number of halogens is 3.